The van der Waals surface area contributed by atoms with E-state index in [0.717, 1.165) is 11.1 Å². The van der Waals surface area contributed by atoms with Crippen LogP contribution < -0.4 is 10.1 Å². The lowest BCUT2D eigenvalue weighted by molar-refractivity contribution is -0.141. The van der Waals surface area contributed by atoms with Gasteiger partial charge in [0.2, 0.25) is 0 Å². The largest absolute Gasteiger partial charge is 0.489 e. The Labute approximate surface area is 156 Å². The molecular weight excluding hydrogens is 351 g/mol. The summed E-state index contributed by atoms with van der Waals surface area (Å²) in [4.78, 5) is 24.6. The Hall–Kier alpha value is -3.09. The summed E-state index contributed by atoms with van der Waals surface area (Å²) in [6.07, 6.45) is 0.486. The third kappa shape index (κ3) is 5.20. The third-order valence-corrected chi connectivity index (χ3v) is 4.49. The highest BCUT2D eigenvalue weighted by Crippen LogP contribution is 2.17. The van der Waals surface area contributed by atoms with Crippen LogP contribution in [-0.4, -0.2) is 35.1 Å². The van der Waals surface area contributed by atoms with Crippen LogP contribution in [0.1, 0.15) is 17.5 Å². The number of urea groups is 1. The molecule has 1 fully saturated rings. The van der Waals surface area contributed by atoms with Gasteiger partial charge in [0.25, 0.3) is 0 Å². The van der Waals surface area contributed by atoms with E-state index in [1.54, 1.807) is 24.3 Å². The van der Waals surface area contributed by atoms with Crippen LogP contribution in [0.3, 0.4) is 0 Å². The van der Waals surface area contributed by atoms with Crippen molar-refractivity contribution in [1.29, 1.82) is 0 Å². The van der Waals surface area contributed by atoms with Gasteiger partial charge in [-0.3, -0.25) is 4.79 Å². The lowest BCUT2D eigenvalue weighted by atomic mass is 10.1. The number of nitrogens with zero attached hydrogens (tertiary/aromatic N) is 1. The zero-order valence-corrected chi connectivity index (χ0v) is 14.7. The fraction of sp³-hybridized carbons (Fsp3) is 0.300. The number of amides is 2. The second-order valence-corrected chi connectivity index (χ2v) is 6.49. The average Bonchev–Trinajstić information content (AvgIpc) is 3.16. The van der Waals surface area contributed by atoms with E-state index in [1.807, 2.05) is 12.1 Å². The smallest absolute Gasteiger partial charge is 0.317 e. The molecule has 142 valence electrons. The molecular formula is C20H21FN2O4. The monoisotopic (exact) mass is 372 g/mol. The quantitative estimate of drug-likeness (QED) is 0.817. The van der Waals surface area contributed by atoms with Crippen molar-refractivity contribution in [3.05, 3.63) is 65.5 Å². The van der Waals surface area contributed by atoms with Crippen LogP contribution in [0.4, 0.5) is 9.18 Å². The Morgan fingerprint density at radius 1 is 1.19 bits per heavy atom. The molecule has 0 aliphatic carbocycles. The Balaban J connectivity index is 1.45. The van der Waals surface area contributed by atoms with Crippen LogP contribution in [0.15, 0.2) is 48.5 Å². The molecule has 0 bridgehead atoms. The topological polar surface area (TPSA) is 78.9 Å². The number of carbonyl (C=O) groups excluding carboxylic acids is 1. The first-order chi connectivity index (χ1) is 13.0. The van der Waals surface area contributed by atoms with Gasteiger partial charge in [0.1, 0.15) is 18.2 Å². The molecule has 0 spiro atoms. The number of benzene rings is 2. The minimum absolute atomic E-state index is 0.244. The highest BCUT2D eigenvalue weighted by Gasteiger charge is 2.30. The molecule has 1 aliphatic rings. The van der Waals surface area contributed by atoms with Crippen molar-refractivity contribution < 1.29 is 23.8 Å². The molecule has 7 heteroatoms. The average molecular weight is 372 g/mol. The Kier molecular flexibility index (Phi) is 5.90. The third-order valence-electron chi connectivity index (χ3n) is 4.49. The van der Waals surface area contributed by atoms with Crippen molar-refractivity contribution in [3.8, 4) is 5.75 Å². The Morgan fingerprint density at radius 2 is 1.96 bits per heavy atom. The van der Waals surface area contributed by atoms with Crippen molar-refractivity contribution in [2.24, 2.45) is 5.92 Å². The molecule has 2 aromatic rings. The second kappa shape index (κ2) is 8.53. The second-order valence-electron chi connectivity index (χ2n) is 6.49. The molecule has 1 atom stereocenters. The summed E-state index contributed by atoms with van der Waals surface area (Å²) in [5.41, 5.74) is 1.65. The predicted molar refractivity (Wildman–Crippen MR) is 96.7 cm³/mol. The first-order valence-corrected chi connectivity index (χ1v) is 8.73. The van der Waals surface area contributed by atoms with Gasteiger partial charge in [-0.2, -0.15) is 0 Å². The minimum atomic E-state index is -0.862. The maximum Gasteiger partial charge on any atom is 0.317 e. The van der Waals surface area contributed by atoms with E-state index < -0.39 is 11.9 Å². The molecule has 0 saturated carbocycles. The van der Waals surface area contributed by atoms with Gasteiger partial charge in [-0.1, -0.05) is 24.3 Å². The Morgan fingerprint density at radius 3 is 2.63 bits per heavy atom. The molecule has 0 radical (unpaired) electrons. The van der Waals surface area contributed by atoms with Crippen molar-refractivity contribution >= 4 is 12.0 Å². The van der Waals surface area contributed by atoms with E-state index in [9.17, 15) is 14.0 Å². The van der Waals surface area contributed by atoms with Crippen molar-refractivity contribution in [1.82, 2.24) is 10.2 Å². The van der Waals surface area contributed by atoms with Gasteiger partial charge in [-0.15, -0.1) is 0 Å². The number of halogens is 1. The molecule has 1 heterocycles. The summed E-state index contributed by atoms with van der Waals surface area (Å²) in [6.45, 7) is 1.31. The van der Waals surface area contributed by atoms with E-state index in [-0.39, 0.29) is 25.0 Å². The number of hydrogen-bond acceptors (Lipinski definition) is 3. The maximum absolute atomic E-state index is 13.1. The summed E-state index contributed by atoms with van der Waals surface area (Å²) < 4.78 is 18.8. The van der Waals surface area contributed by atoms with Crippen LogP contribution in [0.2, 0.25) is 0 Å². The summed E-state index contributed by atoms with van der Waals surface area (Å²) in [7, 11) is 0. The van der Waals surface area contributed by atoms with Crippen LogP contribution in [0, 0.1) is 11.7 Å². The summed E-state index contributed by atoms with van der Waals surface area (Å²) in [5, 5.41) is 11.8. The van der Waals surface area contributed by atoms with Crippen LogP contribution in [-0.2, 0) is 17.9 Å². The molecule has 6 nitrogen and oxygen atoms in total. The zero-order chi connectivity index (χ0) is 19.2. The number of carboxylic acid groups (broad SMARTS) is 1. The number of aliphatic carboxylic acids is 1. The molecule has 1 saturated heterocycles. The van der Waals surface area contributed by atoms with Crippen LogP contribution >= 0.6 is 0 Å². The fourth-order valence-corrected chi connectivity index (χ4v) is 2.93. The van der Waals surface area contributed by atoms with Crippen LogP contribution in [0.5, 0.6) is 5.75 Å². The number of rotatable bonds is 6. The predicted octanol–water partition coefficient (Wildman–Crippen LogP) is 3.02. The van der Waals surface area contributed by atoms with Gasteiger partial charge in [0, 0.05) is 19.6 Å². The number of hydrogen-bond donors (Lipinski definition) is 2. The maximum atomic E-state index is 13.1. The SMILES string of the molecule is O=C(O)C1CCN(C(=O)NCc2ccc(OCc3cccc(F)c3)cc2)C1. The standard InChI is InChI=1S/C20H21FN2O4/c21-17-3-1-2-15(10-17)13-27-18-6-4-14(5-7-18)11-22-20(26)23-9-8-16(12-23)19(24)25/h1-7,10,16H,8-9,11-13H2,(H,22,26)(H,24,25). The van der Waals surface area contributed by atoms with Crippen molar-refractivity contribution in [2.45, 2.75) is 19.6 Å². The first kappa shape index (κ1) is 18.7. The van der Waals surface area contributed by atoms with Gasteiger partial charge >= 0.3 is 12.0 Å². The van der Waals surface area contributed by atoms with Crippen LogP contribution in [0.25, 0.3) is 0 Å². The lowest BCUT2D eigenvalue weighted by Gasteiger charge is -2.16. The summed E-state index contributed by atoms with van der Waals surface area (Å²) >= 11 is 0. The van der Waals surface area contributed by atoms with E-state index in [1.165, 1.54) is 17.0 Å². The highest BCUT2D eigenvalue weighted by molar-refractivity contribution is 5.77. The molecule has 2 aromatic carbocycles. The van der Waals surface area contributed by atoms with Gasteiger partial charge < -0.3 is 20.1 Å². The Bertz CT molecular complexity index is 810. The molecule has 2 amide bonds. The lowest BCUT2D eigenvalue weighted by Crippen LogP contribution is -2.38. The highest BCUT2D eigenvalue weighted by atomic mass is 19.1. The molecule has 2 N–H and O–H groups in total. The van der Waals surface area contributed by atoms with Gasteiger partial charge in [0.05, 0.1) is 5.92 Å². The number of ether oxygens (including phenoxy) is 1. The van der Waals surface area contributed by atoms with E-state index >= 15 is 0 Å². The van der Waals surface area contributed by atoms with Gasteiger partial charge in [-0.05, 0) is 41.8 Å². The zero-order valence-electron chi connectivity index (χ0n) is 14.7. The summed E-state index contributed by atoms with van der Waals surface area (Å²) in [5.74, 6) is -0.988. The summed E-state index contributed by atoms with van der Waals surface area (Å²) in [6, 6.07) is 13.2. The van der Waals surface area contributed by atoms with E-state index in [0.29, 0.717) is 25.3 Å². The first-order valence-electron chi connectivity index (χ1n) is 8.73. The number of carboxylic acids is 1. The normalized spacial score (nSPS) is 16.2. The molecule has 1 aliphatic heterocycles. The number of likely N-dealkylation sites (tertiary alicyclic amines) is 1. The molecule has 27 heavy (non-hydrogen) atoms. The molecule has 1 unspecified atom stereocenters. The van der Waals surface area contributed by atoms with Crippen molar-refractivity contribution in [2.75, 3.05) is 13.1 Å². The van der Waals surface area contributed by atoms with Gasteiger partial charge in [0.15, 0.2) is 0 Å². The van der Waals surface area contributed by atoms with Crippen molar-refractivity contribution in [3.63, 3.8) is 0 Å². The molecule has 3 rings (SSSR count). The molecule has 0 aromatic heterocycles. The fourth-order valence-electron chi connectivity index (χ4n) is 2.93. The number of carbonyl (C=O) groups is 2. The van der Waals surface area contributed by atoms with E-state index in [2.05, 4.69) is 5.32 Å². The van der Waals surface area contributed by atoms with E-state index in [4.69, 9.17) is 9.84 Å². The van der Waals surface area contributed by atoms with Gasteiger partial charge in [-0.25, -0.2) is 9.18 Å². The number of nitrogens with one attached hydrogen (secondary N) is 1. The minimum Gasteiger partial charge on any atom is -0.489 e.